The van der Waals surface area contributed by atoms with E-state index in [9.17, 15) is 14.4 Å². The molecule has 1 aromatic rings. The Morgan fingerprint density at radius 2 is 1.84 bits per heavy atom. The highest BCUT2D eigenvalue weighted by Gasteiger charge is 2.25. The van der Waals surface area contributed by atoms with Gasteiger partial charge in [-0.3, -0.25) is 14.4 Å². The van der Waals surface area contributed by atoms with Crippen LogP contribution in [0.2, 0.25) is 0 Å². The van der Waals surface area contributed by atoms with Crippen LogP contribution in [-0.2, 0) is 14.4 Å². The zero-order valence-electron chi connectivity index (χ0n) is 14.5. The van der Waals surface area contributed by atoms with Gasteiger partial charge in [-0.25, -0.2) is 0 Å². The van der Waals surface area contributed by atoms with Gasteiger partial charge in [0.2, 0.25) is 5.91 Å². The first-order chi connectivity index (χ1) is 12.0. The van der Waals surface area contributed by atoms with Crippen LogP contribution in [-0.4, -0.2) is 50.4 Å². The Kier molecular flexibility index (Phi) is 5.33. The lowest BCUT2D eigenvalue weighted by molar-refractivity contribution is -0.862. The lowest BCUT2D eigenvalue weighted by atomic mass is 10.2. The van der Waals surface area contributed by atoms with Gasteiger partial charge < -0.3 is 20.4 Å². The van der Waals surface area contributed by atoms with Crippen molar-refractivity contribution in [2.45, 2.75) is 31.7 Å². The van der Waals surface area contributed by atoms with Gasteiger partial charge in [0.05, 0.1) is 7.05 Å². The van der Waals surface area contributed by atoms with Gasteiger partial charge in [-0.1, -0.05) is 0 Å². The fourth-order valence-corrected chi connectivity index (χ4v) is 2.97. The van der Waals surface area contributed by atoms with E-state index in [2.05, 4.69) is 10.6 Å². The van der Waals surface area contributed by atoms with E-state index in [1.807, 2.05) is 19.2 Å². The van der Waals surface area contributed by atoms with Crippen molar-refractivity contribution in [2.24, 2.45) is 0 Å². The Balaban J connectivity index is 1.45. The Morgan fingerprint density at radius 3 is 2.44 bits per heavy atom. The second kappa shape index (κ2) is 7.65. The zero-order valence-corrected chi connectivity index (χ0v) is 14.5. The zero-order chi connectivity index (χ0) is 17.8. The highest BCUT2D eigenvalue weighted by molar-refractivity contribution is 5.96. The minimum absolute atomic E-state index is 0.00701. The van der Waals surface area contributed by atoms with E-state index in [1.165, 1.54) is 0 Å². The Morgan fingerprint density at radius 1 is 1.16 bits per heavy atom. The first-order valence-electron chi connectivity index (χ1n) is 8.82. The van der Waals surface area contributed by atoms with E-state index in [-0.39, 0.29) is 24.3 Å². The number of carbonyl (C=O) groups is 3. The summed E-state index contributed by atoms with van der Waals surface area (Å²) in [5, 5.41) is 5.75. The molecule has 1 aliphatic heterocycles. The van der Waals surface area contributed by atoms with Crippen molar-refractivity contribution in [2.75, 3.05) is 36.9 Å². The van der Waals surface area contributed by atoms with Crippen LogP contribution in [0.25, 0.3) is 0 Å². The lowest BCUT2D eigenvalue weighted by Crippen LogP contribution is -3.11. The van der Waals surface area contributed by atoms with E-state index in [0.717, 1.165) is 36.4 Å². The number of quaternary nitrogens is 1. The molecule has 2 fully saturated rings. The summed E-state index contributed by atoms with van der Waals surface area (Å²) in [7, 11) is 1.83. The quantitative estimate of drug-likeness (QED) is 0.626. The highest BCUT2D eigenvalue weighted by Crippen LogP contribution is 2.22. The number of nitrogens with zero attached hydrogens (tertiary/aromatic N) is 1. The minimum Gasteiger partial charge on any atom is -0.348 e. The molecule has 1 saturated heterocycles. The topological polar surface area (TPSA) is 83.0 Å². The molecule has 0 spiro atoms. The fraction of sp³-hybridized carbons (Fsp3) is 0.500. The van der Waals surface area contributed by atoms with Gasteiger partial charge >= 0.3 is 0 Å². The third-order valence-electron chi connectivity index (χ3n) is 4.40. The van der Waals surface area contributed by atoms with E-state index in [1.54, 1.807) is 17.0 Å². The summed E-state index contributed by atoms with van der Waals surface area (Å²) in [6.07, 6.45) is 3.61. The van der Waals surface area contributed by atoms with E-state index in [0.29, 0.717) is 24.7 Å². The van der Waals surface area contributed by atoms with Crippen LogP contribution in [0.15, 0.2) is 24.3 Å². The normalized spacial score (nSPS) is 18.1. The second-order valence-corrected chi connectivity index (χ2v) is 6.90. The van der Waals surface area contributed by atoms with Gasteiger partial charge in [-0.05, 0) is 43.5 Å². The van der Waals surface area contributed by atoms with Crippen molar-refractivity contribution in [3.63, 3.8) is 0 Å². The van der Waals surface area contributed by atoms with Crippen molar-refractivity contribution in [1.29, 1.82) is 0 Å². The molecule has 1 aromatic carbocycles. The van der Waals surface area contributed by atoms with Gasteiger partial charge in [0.15, 0.2) is 13.1 Å². The SMILES string of the molecule is C[NH+](CC(=O)Nc1ccc(N2CCCC2=O)cc1)CC(=O)NC1CC1. The molecule has 7 heteroatoms. The maximum absolute atomic E-state index is 12.1. The monoisotopic (exact) mass is 345 g/mol. The Labute approximate surface area is 147 Å². The summed E-state index contributed by atoms with van der Waals surface area (Å²) in [6, 6.07) is 7.63. The van der Waals surface area contributed by atoms with E-state index < -0.39 is 0 Å². The molecule has 2 aliphatic rings. The number of anilines is 2. The Bertz CT molecular complexity index is 655. The molecule has 1 atom stereocenters. The molecule has 1 heterocycles. The summed E-state index contributed by atoms with van der Waals surface area (Å²) in [5.41, 5.74) is 1.55. The lowest BCUT2D eigenvalue weighted by Gasteiger charge is -2.16. The largest absolute Gasteiger partial charge is 0.348 e. The predicted octanol–water partition coefficient (Wildman–Crippen LogP) is -0.455. The summed E-state index contributed by atoms with van der Waals surface area (Å²) < 4.78 is 0. The molecule has 3 rings (SSSR count). The number of hydrogen-bond donors (Lipinski definition) is 3. The van der Waals surface area contributed by atoms with Crippen LogP contribution in [0.5, 0.6) is 0 Å². The molecule has 3 amide bonds. The average molecular weight is 345 g/mol. The number of likely N-dealkylation sites (N-methyl/N-ethyl adjacent to an activating group) is 1. The maximum atomic E-state index is 12.1. The van der Waals surface area contributed by atoms with Crippen molar-refractivity contribution < 1.29 is 19.3 Å². The molecular formula is C18H25N4O3+. The fourth-order valence-electron chi connectivity index (χ4n) is 2.97. The van der Waals surface area contributed by atoms with Crippen LogP contribution in [0.4, 0.5) is 11.4 Å². The average Bonchev–Trinajstić information content (AvgIpc) is 3.25. The van der Waals surface area contributed by atoms with Gasteiger partial charge in [-0.15, -0.1) is 0 Å². The smallest absolute Gasteiger partial charge is 0.279 e. The van der Waals surface area contributed by atoms with Crippen molar-refractivity contribution in [1.82, 2.24) is 5.32 Å². The summed E-state index contributed by atoms with van der Waals surface area (Å²) >= 11 is 0. The van der Waals surface area contributed by atoms with Gasteiger partial charge in [0.25, 0.3) is 11.8 Å². The summed E-state index contributed by atoms with van der Waals surface area (Å²) in [5.74, 6) is 0.000591. The number of hydrogen-bond acceptors (Lipinski definition) is 3. The molecular weight excluding hydrogens is 320 g/mol. The summed E-state index contributed by atoms with van der Waals surface area (Å²) in [4.78, 5) is 38.2. The molecule has 3 N–H and O–H groups in total. The minimum atomic E-state index is -0.137. The molecule has 7 nitrogen and oxygen atoms in total. The number of rotatable bonds is 7. The predicted molar refractivity (Wildman–Crippen MR) is 94.4 cm³/mol. The third-order valence-corrected chi connectivity index (χ3v) is 4.40. The van der Waals surface area contributed by atoms with Crippen LogP contribution in [0.1, 0.15) is 25.7 Å². The van der Waals surface area contributed by atoms with Crippen LogP contribution in [0, 0.1) is 0 Å². The molecule has 0 bridgehead atoms. The molecule has 25 heavy (non-hydrogen) atoms. The molecule has 1 saturated carbocycles. The molecule has 134 valence electrons. The van der Waals surface area contributed by atoms with Gasteiger partial charge in [0.1, 0.15) is 0 Å². The van der Waals surface area contributed by atoms with E-state index in [4.69, 9.17) is 0 Å². The molecule has 0 aromatic heterocycles. The number of amides is 3. The number of carbonyl (C=O) groups excluding carboxylic acids is 3. The van der Waals surface area contributed by atoms with Crippen LogP contribution in [0.3, 0.4) is 0 Å². The molecule has 1 unspecified atom stereocenters. The van der Waals surface area contributed by atoms with Crippen LogP contribution >= 0.6 is 0 Å². The van der Waals surface area contributed by atoms with E-state index >= 15 is 0 Å². The second-order valence-electron chi connectivity index (χ2n) is 6.90. The van der Waals surface area contributed by atoms with Gasteiger partial charge in [0, 0.05) is 30.4 Å². The van der Waals surface area contributed by atoms with Crippen molar-refractivity contribution >= 4 is 29.1 Å². The number of nitrogens with one attached hydrogen (secondary N) is 3. The Hall–Kier alpha value is -2.41. The van der Waals surface area contributed by atoms with Gasteiger partial charge in [-0.2, -0.15) is 0 Å². The summed E-state index contributed by atoms with van der Waals surface area (Å²) in [6.45, 7) is 1.27. The first kappa shape index (κ1) is 17.4. The number of benzene rings is 1. The molecule has 1 aliphatic carbocycles. The standard InChI is InChI=1S/C18H24N4O3/c1-21(11-16(23)19-13-4-5-13)12-17(24)20-14-6-8-15(9-7-14)22-10-2-3-18(22)25/h6-9,13H,2-5,10-12H2,1H3,(H,19,23)(H,20,24)/p+1. The maximum Gasteiger partial charge on any atom is 0.279 e. The van der Waals surface area contributed by atoms with Crippen LogP contribution < -0.4 is 20.4 Å². The van der Waals surface area contributed by atoms with Crippen molar-refractivity contribution in [3.05, 3.63) is 24.3 Å². The van der Waals surface area contributed by atoms with Crippen molar-refractivity contribution in [3.8, 4) is 0 Å². The first-order valence-corrected chi connectivity index (χ1v) is 8.82. The highest BCUT2D eigenvalue weighted by atomic mass is 16.2. The molecule has 0 radical (unpaired) electrons. The third kappa shape index (κ3) is 5.03.